The minimum atomic E-state index is -1.12. The van der Waals surface area contributed by atoms with Gasteiger partial charge in [0.25, 0.3) is 0 Å². The molecule has 0 bridgehead atoms. The molecule has 0 aliphatic heterocycles. The molecule has 1 amide bonds. The van der Waals surface area contributed by atoms with Crippen molar-refractivity contribution in [3.8, 4) is 0 Å². The topological polar surface area (TPSA) is 57.6 Å². The fraction of sp³-hybridized carbons (Fsp3) is 0.833. The second-order valence-corrected chi connectivity index (χ2v) is 5.85. The number of carbonyl (C=O) groups is 2. The summed E-state index contributed by atoms with van der Waals surface area (Å²) in [6.07, 6.45) is 0.949. The van der Waals surface area contributed by atoms with Gasteiger partial charge in [0.2, 0.25) is 5.91 Å². The van der Waals surface area contributed by atoms with Crippen LogP contribution in [0.15, 0.2) is 0 Å². The Labute approximate surface area is 96.6 Å². The number of rotatable bonds is 3. The Hall–Kier alpha value is -1.06. The van der Waals surface area contributed by atoms with E-state index in [0.717, 1.165) is 0 Å². The summed E-state index contributed by atoms with van der Waals surface area (Å²) in [5, 5.41) is 9.06. The van der Waals surface area contributed by atoms with E-state index in [0.29, 0.717) is 12.8 Å². The monoisotopic (exact) mass is 227 g/mol. The summed E-state index contributed by atoms with van der Waals surface area (Å²) < 4.78 is 0. The van der Waals surface area contributed by atoms with Gasteiger partial charge in [-0.2, -0.15) is 0 Å². The number of aliphatic carboxylic acids is 1. The Bertz CT molecular complexity index is 313. The fourth-order valence-electron chi connectivity index (χ4n) is 1.74. The highest BCUT2D eigenvalue weighted by molar-refractivity contribution is 6.04. The summed E-state index contributed by atoms with van der Waals surface area (Å²) in [7, 11) is 1.70. The highest BCUT2D eigenvalue weighted by Crippen LogP contribution is 2.48. The summed E-state index contributed by atoms with van der Waals surface area (Å²) in [6, 6.07) is 0.0248. The average molecular weight is 227 g/mol. The molecule has 1 aliphatic carbocycles. The van der Waals surface area contributed by atoms with E-state index < -0.39 is 11.4 Å². The van der Waals surface area contributed by atoms with Gasteiger partial charge in [0.05, 0.1) is 0 Å². The van der Waals surface area contributed by atoms with E-state index in [4.69, 9.17) is 5.11 Å². The molecule has 0 heterocycles. The first kappa shape index (κ1) is 13.0. The van der Waals surface area contributed by atoms with Crippen molar-refractivity contribution in [1.82, 2.24) is 4.90 Å². The highest BCUT2D eigenvalue weighted by Gasteiger charge is 2.58. The van der Waals surface area contributed by atoms with Crippen molar-refractivity contribution in [2.24, 2.45) is 10.8 Å². The Morgan fingerprint density at radius 1 is 1.31 bits per heavy atom. The lowest BCUT2D eigenvalue weighted by Gasteiger charge is -2.36. The van der Waals surface area contributed by atoms with Crippen LogP contribution in [0.25, 0.3) is 0 Å². The normalized spacial score (nSPS) is 20.1. The molecule has 0 spiro atoms. The van der Waals surface area contributed by atoms with Crippen LogP contribution in [-0.2, 0) is 9.59 Å². The van der Waals surface area contributed by atoms with Crippen LogP contribution in [-0.4, -0.2) is 35.0 Å². The van der Waals surface area contributed by atoms with Crippen LogP contribution >= 0.6 is 0 Å². The van der Waals surface area contributed by atoms with Gasteiger partial charge in [0.1, 0.15) is 5.41 Å². The molecule has 16 heavy (non-hydrogen) atoms. The summed E-state index contributed by atoms with van der Waals surface area (Å²) in [5.41, 5.74) is -1.16. The van der Waals surface area contributed by atoms with E-state index in [2.05, 4.69) is 0 Å². The lowest BCUT2D eigenvalue weighted by Crippen LogP contribution is -2.47. The molecule has 0 saturated heterocycles. The first-order chi connectivity index (χ1) is 7.13. The van der Waals surface area contributed by atoms with Crippen molar-refractivity contribution in [3.05, 3.63) is 0 Å². The number of nitrogens with zero attached hydrogens (tertiary/aromatic N) is 1. The second kappa shape index (κ2) is 3.75. The van der Waals surface area contributed by atoms with Gasteiger partial charge in [-0.3, -0.25) is 9.59 Å². The number of carboxylic acids is 1. The Morgan fingerprint density at radius 3 is 2.00 bits per heavy atom. The highest BCUT2D eigenvalue weighted by atomic mass is 16.4. The molecule has 0 aromatic heterocycles. The molecule has 1 N–H and O–H groups in total. The van der Waals surface area contributed by atoms with Crippen molar-refractivity contribution in [1.29, 1.82) is 0 Å². The maximum atomic E-state index is 12.1. The Morgan fingerprint density at radius 2 is 1.75 bits per heavy atom. The molecule has 1 rings (SSSR count). The number of hydrogen-bond acceptors (Lipinski definition) is 2. The number of carboxylic acid groups (broad SMARTS) is 1. The van der Waals surface area contributed by atoms with Crippen molar-refractivity contribution in [2.75, 3.05) is 7.05 Å². The molecule has 1 aliphatic rings. The van der Waals surface area contributed by atoms with E-state index in [1.165, 1.54) is 0 Å². The third-order valence-corrected chi connectivity index (χ3v) is 3.72. The summed E-state index contributed by atoms with van der Waals surface area (Å²) in [5.74, 6) is -1.23. The van der Waals surface area contributed by atoms with Gasteiger partial charge in [0, 0.05) is 13.1 Å². The van der Waals surface area contributed by atoms with Crippen LogP contribution in [0.4, 0.5) is 0 Å². The van der Waals surface area contributed by atoms with Crippen LogP contribution in [0.5, 0.6) is 0 Å². The predicted octanol–water partition coefficient (Wildman–Crippen LogP) is 1.74. The third-order valence-electron chi connectivity index (χ3n) is 3.72. The van der Waals surface area contributed by atoms with Crippen molar-refractivity contribution in [2.45, 2.75) is 46.6 Å². The molecular weight excluding hydrogens is 206 g/mol. The Kier molecular flexibility index (Phi) is 3.05. The summed E-state index contributed by atoms with van der Waals surface area (Å²) in [4.78, 5) is 24.7. The van der Waals surface area contributed by atoms with Gasteiger partial charge in [-0.25, -0.2) is 0 Å². The largest absolute Gasteiger partial charge is 0.480 e. The van der Waals surface area contributed by atoms with E-state index in [1.54, 1.807) is 11.9 Å². The third kappa shape index (κ3) is 2.06. The predicted molar refractivity (Wildman–Crippen MR) is 61.0 cm³/mol. The molecule has 1 saturated carbocycles. The maximum Gasteiger partial charge on any atom is 0.319 e. The van der Waals surface area contributed by atoms with Crippen molar-refractivity contribution in [3.63, 3.8) is 0 Å². The van der Waals surface area contributed by atoms with Gasteiger partial charge in [0.15, 0.2) is 0 Å². The summed E-state index contributed by atoms with van der Waals surface area (Å²) in [6.45, 7) is 8.08. The SMILES string of the molecule is CC(N(C)C(=O)C1(C(=O)O)CC1)C(C)(C)C. The standard InChI is InChI=1S/C12H21NO3/c1-8(11(2,3)4)13(5)9(14)12(6-7-12)10(15)16/h8H,6-7H2,1-5H3,(H,15,16). The zero-order valence-corrected chi connectivity index (χ0v) is 10.7. The molecule has 1 fully saturated rings. The Balaban J connectivity index is 2.80. The zero-order chi connectivity index (χ0) is 12.7. The molecule has 1 atom stereocenters. The van der Waals surface area contributed by atoms with Crippen LogP contribution in [0, 0.1) is 10.8 Å². The minimum absolute atomic E-state index is 0.0248. The second-order valence-electron chi connectivity index (χ2n) is 5.85. The van der Waals surface area contributed by atoms with Crippen molar-refractivity contribution >= 4 is 11.9 Å². The molecule has 4 heteroatoms. The van der Waals surface area contributed by atoms with Crippen molar-refractivity contribution < 1.29 is 14.7 Å². The molecule has 1 unspecified atom stereocenters. The van der Waals surface area contributed by atoms with Crippen LogP contribution in [0.1, 0.15) is 40.5 Å². The van der Waals surface area contributed by atoms with E-state index >= 15 is 0 Å². The van der Waals surface area contributed by atoms with Crippen LogP contribution in [0.3, 0.4) is 0 Å². The number of hydrogen-bond donors (Lipinski definition) is 1. The minimum Gasteiger partial charge on any atom is -0.480 e. The fourth-order valence-corrected chi connectivity index (χ4v) is 1.74. The van der Waals surface area contributed by atoms with Gasteiger partial charge in [-0.15, -0.1) is 0 Å². The lowest BCUT2D eigenvalue weighted by molar-refractivity contribution is -0.154. The number of amides is 1. The zero-order valence-electron chi connectivity index (χ0n) is 10.7. The van der Waals surface area contributed by atoms with Gasteiger partial charge >= 0.3 is 5.97 Å². The molecule has 4 nitrogen and oxygen atoms in total. The molecule has 92 valence electrons. The van der Waals surface area contributed by atoms with Crippen LogP contribution < -0.4 is 0 Å². The maximum absolute atomic E-state index is 12.1. The van der Waals surface area contributed by atoms with Gasteiger partial charge in [-0.1, -0.05) is 20.8 Å². The number of carbonyl (C=O) groups excluding carboxylic acids is 1. The first-order valence-electron chi connectivity index (χ1n) is 5.63. The van der Waals surface area contributed by atoms with E-state index in [1.807, 2.05) is 27.7 Å². The molecule has 0 aromatic rings. The van der Waals surface area contributed by atoms with E-state index in [9.17, 15) is 9.59 Å². The smallest absolute Gasteiger partial charge is 0.319 e. The quantitative estimate of drug-likeness (QED) is 0.747. The van der Waals surface area contributed by atoms with Gasteiger partial charge < -0.3 is 10.0 Å². The molecular formula is C12H21NO3. The summed E-state index contributed by atoms with van der Waals surface area (Å²) >= 11 is 0. The lowest BCUT2D eigenvalue weighted by atomic mass is 9.86. The first-order valence-corrected chi connectivity index (χ1v) is 5.63. The van der Waals surface area contributed by atoms with E-state index in [-0.39, 0.29) is 17.4 Å². The van der Waals surface area contributed by atoms with Gasteiger partial charge in [-0.05, 0) is 25.2 Å². The average Bonchev–Trinajstić information content (AvgIpc) is 2.93. The van der Waals surface area contributed by atoms with Crippen LogP contribution in [0.2, 0.25) is 0 Å². The molecule has 0 aromatic carbocycles. The molecule has 0 radical (unpaired) electrons.